The van der Waals surface area contributed by atoms with Gasteiger partial charge in [0.15, 0.2) is 5.79 Å². The molecule has 5 heteroatoms. The SMILES string of the molecule is O=C(CN1CCC2(CC1)OCCO2)N1CCCCC1. The molecule has 0 atom stereocenters. The molecule has 0 aromatic heterocycles. The molecule has 108 valence electrons. The van der Waals surface area contributed by atoms with E-state index in [4.69, 9.17) is 9.47 Å². The molecular formula is C14H24N2O3. The lowest BCUT2D eigenvalue weighted by molar-refractivity contribution is -0.186. The van der Waals surface area contributed by atoms with Gasteiger partial charge in [0, 0.05) is 39.0 Å². The molecule has 0 unspecified atom stereocenters. The van der Waals surface area contributed by atoms with E-state index in [1.54, 1.807) is 0 Å². The summed E-state index contributed by atoms with van der Waals surface area (Å²) in [6.07, 6.45) is 5.37. The quantitative estimate of drug-likeness (QED) is 0.744. The number of amides is 1. The van der Waals surface area contributed by atoms with Gasteiger partial charge >= 0.3 is 0 Å². The van der Waals surface area contributed by atoms with Crippen molar-refractivity contribution in [1.82, 2.24) is 9.80 Å². The average Bonchev–Trinajstić information content (AvgIpc) is 2.91. The fourth-order valence-corrected chi connectivity index (χ4v) is 3.27. The third kappa shape index (κ3) is 3.09. The summed E-state index contributed by atoms with van der Waals surface area (Å²) in [5.74, 6) is -0.0334. The predicted octanol–water partition coefficient (Wildman–Crippen LogP) is 0.838. The van der Waals surface area contributed by atoms with E-state index in [0.29, 0.717) is 25.7 Å². The zero-order valence-electron chi connectivity index (χ0n) is 11.6. The van der Waals surface area contributed by atoms with Crippen molar-refractivity contribution in [3.63, 3.8) is 0 Å². The highest BCUT2D eigenvalue weighted by molar-refractivity contribution is 5.78. The third-order valence-corrected chi connectivity index (χ3v) is 4.50. The molecule has 0 aliphatic carbocycles. The highest BCUT2D eigenvalue weighted by atomic mass is 16.7. The summed E-state index contributed by atoms with van der Waals surface area (Å²) in [5.41, 5.74) is 0. The Labute approximate surface area is 114 Å². The van der Waals surface area contributed by atoms with Crippen LogP contribution in [0.2, 0.25) is 0 Å². The van der Waals surface area contributed by atoms with Crippen molar-refractivity contribution in [3.05, 3.63) is 0 Å². The lowest BCUT2D eigenvalue weighted by atomic mass is 10.0. The Kier molecular flexibility index (Phi) is 4.05. The van der Waals surface area contributed by atoms with Crippen LogP contribution < -0.4 is 0 Å². The summed E-state index contributed by atoms with van der Waals surface area (Å²) in [6.45, 7) is 5.69. The number of ether oxygens (including phenoxy) is 2. The van der Waals surface area contributed by atoms with Gasteiger partial charge in [0.1, 0.15) is 0 Å². The van der Waals surface area contributed by atoms with E-state index in [1.165, 1.54) is 6.42 Å². The van der Waals surface area contributed by atoms with Gasteiger partial charge in [-0.1, -0.05) is 0 Å². The molecule has 0 radical (unpaired) electrons. The zero-order chi connectivity index (χ0) is 13.1. The molecular weight excluding hydrogens is 244 g/mol. The minimum Gasteiger partial charge on any atom is -0.347 e. The van der Waals surface area contributed by atoms with Gasteiger partial charge in [0.2, 0.25) is 5.91 Å². The zero-order valence-corrected chi connectivity index (χ0v) is 11.6. The van der Waals surface area contributed by atoms with Crippen LogP contribution in [0.1, 0.15) is 32.1 Å². The molecule has 3 rings (SSSR count). The lowest BCUT2D eigenvalue weighted by Crippen LogP contribution is -2.49. The highest BCUT2D eigenvalue weighted by Gasteiger charge is 2.40. The summed E-state index contributed by atoms with van der Waals surface area (Å²) in [5, 5.41) is 0. The number of likely N-dealkylation sites (tertiary alicyclic amines) is 2. The van der Waals surface area contributed by atoms with Crippen LogP contribution in [0.4, 0.5) is 0 Å². The van der Waals surface area contributed by atoms with E-state index in [0.717, 1.165) is 51.9 Å². The van der Waals surface area contributed by atoms with Crippen LogP contribution in [-0.2, 0) is 14.3 Å². The largest absolute Gasteiger partial charge is 0.347 e. The molecule has 3 saturated heterocycles. The molecule has 0 saturated carbocycles. The van der Waals surface area contributed by atoms with E-state index < -0.39 is 0 Å². The Morgan fingerprint density at radius 2 is 1.58 bits per heavy atom. The number of rotatable bonds is 2. The van der Waals surface area contributed by atoms with Crippen LogP contribution in [0, 0.1) is 0 Å². The number of carbonyl (C=O) groups excluding carboxylic acids is 1. The van der Waals surface area contributed by atoms with Crippen LogP contribution in [0.25, 0.3) is 0 Å². The van der Waals surface area contributed by atoms with Gasteiger partial charge in [-0.15, -0.1) is 0 Å². The summed E-state index contributed by atoms with van der Waals surface area (Å²) in [7, 11) is 0. The standard InChI is InChI=1S/C14H24N2O3/c17-13(16-6-2-1-3-7-16)12-15-8-4-14(5-9-15)18-10-11-19-14/h1-12H2. The molecule has 0 N–H and O–H groups in total. The van der Waals surface area contributed by atoms with Gasteiger partial charge in [0.25, 0.3) is 0 Å². The number of hydrogen-bond donors (Lipinski definition) is 0. The lowest BCUT2D eigenvalue weighted by Gasteiger charge is -2.38. The molecule has 3 aliphatic rings. The smallest absolute Gasteiger partial charge is 0.236 e. The first-order valence-corrected chi connectivity index (χ1v) is 7.56. The van der Waals surface area contributed by atoms with Crippen LogP contribution in [0.3, 0.4) is 0 Å². The van der Waals surface area contributed by atoms with E-state index >= 15 is 0 Å². The van der Waals surface area contributed by atoms with Gasteiger partial charge in [0.05, 0.1) is 19.8 Å². The summed E-state index contributed by atoms with van der Waals surface area (Å²) in [6, 6.07) is 0. The molecule has 3 aliphatic heterocycles. The predicted molar refractivity (Wildman–Crippen MR) is 70.7 cm³/mol. The second-order valence-electron chi connectivity index (χ2n) is 5.83. The first-order valence-electron chi connectivity index (χ1n) is 7.56. The Morgan fingerprint density at radius 3 is 2.21 bits per heavy atom. The highest BCUT2D eigenvalue weighted by Crippen LogP contribution is 2.31. The molecule has 5 nitrogen and oxygen atoms in total. The van der Waals surface area contributed by atoms with Gasteiger partial charge in [-0.2, -0.15) is 0 Å². The summed E-state index contributed by atoms with van der Waals surface area (Å²) >= 11 is 0. The van der Waals surface area contributed by atoms with Crippen molar-refractivity contribution in [2.45, 2.75) is 37.9 Å². The maximum absolute atomic E-state index is 12.2. The van der Waals surface area contributed by atoms with E-state index in [1.807, 2.05) is 4.90 Å². The first-order chi connectivity index (χ1) is 9.27. The molecule has 19 heavy (non-hydrogen) atoms. The van der Waals surface area contributed by atoms with Gasteiger partial charge in [-0.05, 0) is 19.3 Å². The number of hydrogen-bond acceptors (Lipinski definition) is 4. The monoisotopic (exact) mass is 268 g/mol. The normalized spacial score (nSPS) is 27.9. The van der Waals surface area contributed by atoms with E-state index in [9.17, 15) is 4.79 Å². The molecule has 0 aromatic carbocycles. The number of nitrogens with zero attached hydrogens (tertiary/aromatic N) is 2. The van der Waals surface area contributed by atoms with E-state index in [-0.39, 0.29) is 5.79 Å². The van der Waals surface area contributed by atoms with Crippen molar-refractivity contribution >= 4 is 5.91 Å². The number of piperidine rings is 2. The Bertz CT molecular complexity index is 313. The topological polar surface area (TPSA) is 42.0 Å². The summed E-state index contributed by atoms with van der Waals surface area (Å²) in [4.78, 5) is 16.5. The maximum atomic E-state index is 12.2. The molecule has 3 fully saturated rings. The van der Waals surface area contributed by atoms with Crippen molar-refractivity contribution in [1.29, 1.82) is 0 Å². The minimum atomic E-state index is -0.329. The van der Waals surface area contributed by atoms with Gasteiger partial charge in [-0.25, -0.2) is 0 Å². The van der Waals surface area contributed by atoms with Crippen LogP contribution in [-0.4, -0.2) is 67.4 Å². The van der Waals surface area contributed by atoms with Crippen molar-refractivity contribution < 1.29 is 14.3 Å². The van der Waals surface area contributed by atoms with Crippen LogP contribution >= 0.6 is 0 Å². The van der Waals surface area contributed by atoms with Crippen molar-refractivity contribution in [2.24, 2.45) is 0 Å². The van der Waals surface area contributed by atoms with Crippen LogP contribution in [0.15, 0.2) is 0 Å². The third-order valence-electron chi connectivity index (χ3n) is 4.50. The maximum Gasteiger partial charge on any atom is 0.236 e. The fourth-order valence-electron chi connectivity index (χ4n) is 3.27. The van der Waals surface area contributed by atoms with E-state index in [2.05, 4.69) is 4.90 Å². The molecule has 0 aromatic rings. The first kappa shape index (κ1) is 13.3. The molecule has 1 amide bonds. The Balaban J connectivity index is 1.45. The number of carbonyl (C=O) groups is 1. The second-order valence-corrected chi connectivity index (χ2v) is 5.83. The molecule has 0 bridgehead atoms. The Hall–Kier alpha value is -0.650. The van der Waals surface area contributed by atoms with Gasteiger partial charge in [-0.3, -0.25) is 9.69 Å². The molecule has 3 heterocycles. The minimum absolute atomic E-state index is 0.295. The van der Waals surface area contributed by atoms with Crippen LogP contribution in [0.5, 0.6) is 0 Å². The van der Waals surface area contributed by atoms with Crippen molar-refractivity contribution in [3.8, 4) is 0 Å². The van der Waals surface area contributed by atoms with Crippen molar-refractivity contribution in [2.75, 3.05) is 45.9 Å². The second kappa shape index (κ2) is 5.77. The molecule has 1 spiro atoms. The average molecular weight is 268 g/mol. The summed E-state index contributed by atoms with van der Waals surface area (Å²) < 4.78 is 11.4. The van der Waals surface area contributed by atoms with Gasteiger partial charge < -0.3 is 14.4 Å². The fraction of sp³-hybridized carbons (Fsp3) is 0.929. The Morgan fingerprint density at radius 1 is 0.947 bits per heavy atom.